The first-order valence-corrected chi connectivity index (χ1v) is 9.75. The van der Waals surface area contributed by atoms with Crippen LogP contribution < -0.4 is 5.32 Å². The van der Waals surface area contributed by atoms with E-state index >= 15 is 0 Å². The molecule has 0 radical (unpaired) electrons. The number of carbonyl (C=O) groups is 2. The molecule has 1 amide bonds. The number of benzene rings is 2. The van der Waals surface area contributed by atoms with Gasteiger partial charge in [-0.1, -0.05) is 35.3 Å². The van der Waals surface area contributed by atoms with E-state index in [1.807, 2.05) is 6.07 Å². The molecular formula is C21H18Cl2N2O4. The zero-order chi connectivity index (χ0) is 20.8. The first-order valence-electron chi connectivity index (χ1n) is 9.00. The van der Waals surface area contributed by atoms with Gasteiger partial charge in [0.25, 0.3) is 5.91 Å². The summed E-state index contributed by atoms with van der Waals surface area (Å²) in [6.07, 6.45) is 0.540. The fraction of sp³-hybridized carbons (Fsp3) is 0.238. The Morgan fingerprint density at radius 1 is 1.21 bits per heavy atom. The molecule has 1 aliphatic heterocycles. The van der Waals surface area contributed by atoms with Crippen molar-refractivity contribution in [1.29, 1.82) is 0 Å². The van der Waals surface area contributed by atoms with Gasteiger partial charge in [-0.2, -0.15) is 0 Å². The molecule has 2 N–H and O–H groups in total. The fourth-order valence-electron chi connectivity index (χ4n) is 3.76. The second-order valence-electron chi connectivity index (χ2n) is 7.11. The van der Waals surface area contributed by atoms with Crippen molar-refractivity contribution >= 4 is 46.0 Å². The molecule has 150 valence electrons. The summed E-state index contributed by atoms with van der Waals surface area (Å²) in [6.45, 7) is 0.729. The van der Waals surface area contributed by atoms with Gasteiger partial charge >= 0.3 is 5.97 Å². The predicted octanol–water partition coefficient (Wildman–Crippen LogP) is 4.23. The molecule has 1 fully saturated rings. The SMILES string of the molecule is Cn1c(C(=O)NC2(c3cccc(C(=O)O)c3)CCOC2)cc2c(Cl)c(Cl)ccc21. The van der Waals surface area contributed by atoms with Crippen molar-refractivity contribution in [2.45, 2.75) is 12.0 Å². The molecule has 3 aromatic rings. The zero-order valence-electron chi connectivity index (χ0n) is 15.5. The van der Waals surface area contributed by atoms with Crippen LogP contribution >= 0.6 is 23.2 Å². The van der Waals surface area contributed by atoms with E-state index in [1.54, 1.807) is 41.9 Å². The van der Waals surface area contributed by atoms with Crippen molar-refractivity contribution in [3.05, 3.63) is 69.3 Å². The fourth-order valence-corrected chi connectivity index (χ4v) is 4.14. The van der Waals surface area contributed by atoms with Crippen LogP contribution in [-0.2, 0) is 17.3 Å². The molecule has 1 aromatic heterocycles. The van der Waals surface area contributed by atoms with Crippen molar-refractivity contribution in [2.75, 3.05) is 13.2 Å². The van der Waals surface area contributed by atoms with E-state index in [-0.39, 0.29) is 18.1 Å². The van der Waals surface area contributed by atoms with Gasteiger partial charge < -0.3 is 19.7 Å². The van der Waals surface area contributed by atoms with E-state index < -0.39 is 11.5 Å². The maximum Gasteiger partial charge on any atom is 0.335 e. The molecule has 1 atom stereocenters. The largest absolute Gasteiger partial charge is 0.478 e. The predicted molar refractivity (Wildman–Crippen MR) is 111 cm³/mol. The molecule has 0 aliphatic carbocycles. The number of aromatic nitrogens is 1. The Bertz CT molecular complexity index is 1130. The number of carbonyl (C=O) groups excluding carboxylic acids is 1. The van der Waals surface area contributed by atoms with Crippen molar-refractivity contribution in [2.24, 2.45) is 7.05 Å². The number of rotatable bonds is 4. The van der Waals surface area contributed by atoms with Gasteiger partial charge in [0.2, 0.25) is 0 Å². The molecule has 1 unspecified atom stereocenters. The van der Waals surface area contributed by atoms with Crippen LogP contribution in [-0.4, -0.2) is 34.8 Å². The normalized spacial score (nSPS) is 18.9. The van der Waals surface area contributed by atoms with Crippen LogP contribution in [0.25, 0.3) is 10.9 Å². The molecule has 8 heteroatoms. The van der Waals surface area contributed by atoms with Crippen LogP contribution in [0.5, 0.6) is 0 Å². The van der Waals surface area contributed by atoms with Crippen LogP contribution in [0.15, 0.2) is 42.5 Å². The average molecular weight is 433 g/mol. The average Bonchev–Trinajstić information content (AvgIpc) is 3.31. The lowest BCUT2D eigenvalue weighted by Gasteiger charge is -2.29. The van der Waals surface area contributed by atoms with Crippen LogP contribution in [0.1, 0.15) is 32.8 Å². The number of aryl methyl sites for hydroxylation is 1. The molecule has 0 spiro atoms. The first kappa shape index (κ1) is 19.8. The highest BCUT2D eigenvalue weighted by molar-refractivity contribution is 6.45. The summed E-state index contributed by atoms with van der Waals surface area (Å²) in [5.41, 5.74) is 1.26. The lowest BCUT2D eigenvalue weighted by Crippen LogP contribution is -2.47. The Kier molecular flexibility index (Phi) is 5.02. The number of fused-ring (bicyclic) bond motifs is 1. The number of halogens is 2. The quantitative estimate of drug-likeness (QED) is 0.646. The van der Waals surface area contributed by atoms with E-state index in [0.29, 0.717) is 39.7 Å². The second-order valence-corrected chi connectivity index (χ2v) is 7.89. The Labute approximate surface area is 177 Å². The van der Waals surface area contributed by atoms with Crippen molar-refractivity contribution in [3.63, 3.8) is 0 Å². The third kappa shape index (κ3) is 3.37. The Hall–Kier alpha value is -2.54. The smallest absolute Gasteiger partial charge is 0.335 e. The number of aromatic carboxylic acids is 1. The summed E-state index contributed by atoms with van der Waals surface area (Å²) in [5.74, 6) is -1.32. The lowest BCUT2D eigenvalue weighted by molar-refractivity contribution is 0.0696. The molecule has 1 saturated heterocycles. The minimum Gasteiger partial charge on any atom is -0.478 e. The van der Waals surface area contributed by atoms with Gasteiger partial charge in [0, 0.05) is 31.0 Å². The maximum atomic E-state index is 13.2. The first-order chi connectivity index (χ1) is 13.8. The van der Waals surface area contributed by atoms with E-state index in [4.69, 9.17) is 27.9 Å². The Morgan fingerprint density at radius 2 is 2.00 bits per heavy atom. The summed E-state index contributed by atoms with van der Waals surface area (Å²) >= 11 is 12.4. The van der Waals surface area contributed by atoms with E-state index in [9.17, 15) is 14.7 Å². The molecule has 2 heterocycles. The molecule has 1 aliphatic rings. The third-order valence-corrected chi connectivity index (χ3v) is 6.20. The number of amides is 1. The number of carboxylic acid groups (broad SMARTS) is 1. The van der Waals surface area contributed by atoms with Gasteiger partial charge in [0.1, 0.15) is 5.69 Å². The minimum absolute atomic E-state index is 0.161. The van der Waals surface area contributed by atoms with E-state index in [2.05, 4.69) is 5.32 Å². The van der Waals surface area contributed by atoms with Gasteiger partial charge in [0.05, 0.1) is 27.8 Å². The number of nitrogens with one attached hydrogen (secondary N) is 1. The molecule has 2 aromatic carbocycles. The molecule has 6 nitrogen and oxygen atoms in total. The zero-order valence-corrected chi connectivity index (χ0v) is 17.0. The highest BCUT2D eigenvalue weighted by atomic mass is 35.5. The summed E-state index contributed by atoms with van der Waals surface area (Å²) < 4.78 is 7.32. The highest BCUT2D eigenvalue weighted by Gasteiger charge is 2.39. The van der Waals surface area contributed by atoms with Crippen LogP contribution in [0.2, 0.25) is 10.0 Å². The highest BCUT2D eigenvalue weighted by Crippen LogP contribution is 2.34. The molecule has 0 bridgehead atoms. The van der Waals surface area contributed by atoms with Gasteiger partial charge in [-0.15, -0.1) is 0 Å². The summed E-state index contributed by atoms with van der Waals surface area (Å²) in [5, 5.41) is 13.9. The summed E-state index contributed by atoms with van der Waals surface area (Å²) in [7, 11) is 1.78. The Morgan fingerprint density at radius 3 is 2.69 bits per heavy atom. The third-order valence-electron chi connectivity index (χ3n) is 5.38. The lowest BCUT2D eigenvalue weighted by atomic mass is 9.88. The van der Waals surface area contributed by atoms with Crippen LogP contribution in [0, 0.1) is 0 Å². The number of carboxylic acids is 1. The minimum atomic E-state index is -1.02. The van der Waals surface area contributed by atoms with E-state index in [0.717, 1.165) is 5.52 Å². The Balaban J connectivity index is 1.73. The molecular weight excluding hydrogens is 415 g/mol. The topological polar surface area (TPSA) is 80.6 Å². The van der Waals surface area contributed by atoms with Crippen molar-refractivity contribution < 1.29 is 19.4 Å². The monoisotopic (exact) mass is 432 g/mol. The van der Waals surface area contributed by atoms with Gasteiger partial charge in [-0.05, 0) is 35.9 Å². The van der Waals surface area contributed by atoms with Gasteiger partial charge in [-0.25, -0.2) is 4.79 Å². The number of nitrogens with zero attached hydrogens (tertiary/aromatic N) is 1. The maximum absolute atomic E-state index is 13.2. The standard InChI is InChI=1S/C21H18Cl2N2O4/c1-25-16-6-5-15(22)18(23)14(16)10-17(25)19(26)24-21(7-8-29-11-21)13-4-2-3-12(9-13)20(27)28/h2-6,9-10H,7-8,11H2,1H3,(H,24,26)(H,27,28). The number of ether oxygens (including phenoxy) is 1. The second kappa shape index (κ2) is 7.37. The summed E-state index contributed by atoms with van der Waals surface area (Å²) in [4.78, 5) is 24.6. The molecule has 29 heavy (non-hydrogen) atoms. The van der Waals surface area contributed by atoms with Gasteiger partial charge in [-0.3, -0.25) is 4.79 Å². The molecule has 4 rings (SSSR count). The number of hydrogen-bond acceptors (Lipinski definition) is 3. The van der Waals surface area contributed by atoms with Crippen LogP contribution in [0.4, 0.5) is 0 Å². The molecule has 0 saturated carbocycles. The van der Waals surface area contributed by atoms with E-state index in [1.165, 1.54) is 6.07 Å². The van der Waals surface area contributed by atoms with Crippen molar-refractivity contribution in [3.8, 4) is 0 Å². The summed E-state index contributed by atoms with van der Waals surface area (Å²) in [6, 6.07) is 11.8. The van der Waals surface area contributed by atoms with Gasteiger partial charge in [0.15, 0.2) is 0 Å². The van der Waals surface area contributed by atoms with Crippen molar-refractivity contribution in [1.82, 2.24) is 9.88 Å². The number of hydrogen-bond donors (Lipinski definition) is 2. The van der Waals surface area contributed by atoms with Crippen LogP contribution in [0.3, 0.4) is 0 Å².